The quantitative estimate of drug-likeness (QED) is 0.384. The first-order valence-electron chi connectivity index (χ1n) is 4.38. The fraction of sp³-hybridized carbons (Fsp3) is 0.429. The van der Waals surface area contributed by atoms with Crippen molar-refractivity contribution in [2.24, 2.45) is 0 Å². The summed E-state index contributed by atoms with van der Waals surface area (Å²) in [6, 6.07) is 0. The minimum atomic E-state index is -0.939. The number of nitrogens with one attached hydrogen (secondary N) is 2. The SMILES string of the molecule is CC(O)CNc1nc(N)[nH]c(=O)c1[N+](=O)[O-]. The largest absolute Gasteiger partial charge is 0.392 e. The maximum Gasteiger partial charge on any atom is 0.375 e. The van der Waals surface area contributed by atoms with Gasteiger partial charge in [-0.25, -0.2) is 0 Å². The molecule has 9 heteroatoms. The zero-order chi connectivity index (χ0) is 12.3. The molecule has 0 aliphatic heterocycles. The molecule has 0 saturated carbocycles. The lowest BCUT2D eigenvalue weighted by molar-refractivity contribution is -0.385. The number of aromatic amines is 1. The predicted octanol–water partition coefficient (Wildman–Crippen LogP) is -0.947. The normalized spacial score (nSPS) is 12.1. The van der Waals surface area contributed by atoms with E-state index in [0.717, 1.165) is 0 Å². The van der Waals surface area contributed by atoms with Crippen molar-refractivity contribution in [3.63, 3.8) is 0 Å². The number of anilines is 2. The highest BCUT2D eigenvalue weighted by Crippen LogP contribution is 2.16. The summed E-state index contributed by atoms with van der Waals surface area (Å²) in [7, 11) is 0. The molecule has 0 aliphatic carbocycles. The fourth-order valence-corrected chi connectivity index (χ4v) is 1.02. The van der Waals surface area contributed by atoms with Crippen LogP contribution in [0.2, 0.25) is 0 Å². The van der Waals surface area contributed by atoms with E-state index in [1.54, 1.807) is 0 Å². The van der Waals surface area contributed by atoms with Crippen molar-refractivity contribution in [1.29, 1.82) is 0 Å². The average molecular weight is 229 g/mol. The van der Waals surface area contributed by atoms with Crippen molar-refractivity contribution < 1.29 is 10.0 Å². The van der Waals surface area contributed by atoms with Crippen molar-refractivity contribution in [3.8, 4) is 0 Å². The molecule has 1 aromatic heterocycles. The van der Waals surface area contributed by atoms with E-state index < -0.39 is 22.3 Å². The summed E-state index contributed by atoms with van der Waals surface area (Å²) >= 11 is 0. The number of aromatic nitrogens is 2. The molecule has 16 heavy (non-hydrogen) atoms. The van der Waals surface area contributed by atoms with Crippen LogP contribution < -0.4 is 16.6 Å². The number of aliphatic hydroxyl groups excluding tert-OH is 1. The summed E-state index contributed by atoms with van der Waals surface area (Å²) in [6.07, 6.45) is -0.734. The Hall–Kier alpha value is -2.16. The molecule has 1 heterocycles. The highest BCUT2D eigenvalue weighted by atomic mass is 16.6. The molecule has 88 valence electrons. The van der Waals surface area contributed by atoms with Gasteiger partial charge in [0.15, 0.2) is 0 Å². The molecular weight excluding hydrogens is 218 g/mol. The first-order valence-corrected chi connectivity index (χ1v) is 4.38. The van der Waals surface area contributed by atoms with Gasteiger partial charge in [0.25, 0.3) is 0 Å². The molecule has 0 amide bonds. The zero-order valence-corrected chi connectivity index (χ0v) is 8.43. The molecule has 0 fully saturated rings. The van der Waals surface area contributed by atoms with Gasteiger partial charge in [0.05, 0.1) is 11.0 Å². The van der Waals surface area contributed by atoms with Crippen LogP contribution in [0.15, 0.2) is 4.79 Å². The number of aliphatic hydroxyl groups is 1. The highest BCUT2D eigenvalue weighted by Gasteiger charge is 2.21. The Morgan fingerprint density at radius 2 is 2.38 bits per heavy atom. The maximum atomic E-state index is 11.2. The molecule has 1 atom stereocenters. The number of nitrogens with zero attached hydrogens (tertiary/aromatic N) is 2. The third-order valence-electron chi connectivity index (χ3n) is 1.66. The Labute approximate surface area is 89.5 Å². The predicted molar refractivity (Wildman–Crippen MR) is 56.1 cm³/mol. The molecule has 0 bridgehead atoms. The van der Waals surface area contributed by atoms with E-state index in [4.69, 9.17) is 10.8 Å². The first kappa shape index (κ1) is 11.9. The van der Waals surface area contributed by atoms with Crippen molar-refractivity contribution >= 4 is 17.5 Å². The van der Waals surface area contributed by atoms with Gasteiger partial charge >= 0.3 is 11.2 Å². The standard InChI is InChI=1S/C7H11N5O4/c1-3(13)2-9-5-4(12(15)16)6(14)11-7(8)10-5/h3,13H,2H2,1H3,(H4,8,9,10,11,14). The minimum absolute atomic E-state index is 0.0245. The van der Waals surface area contributed by atoms with E-state index in [-0.39, 0.29) is 18.3 Å². The van der Waals surface area contributed by atoms with Gasteiger partial charge in [0.1, 0.15) is 0 Å². The molecule has 0 aliphatic rings. The highest BCUT2D eigenvalue weighted by molar-refractivity contribution is 5.56. The Balaban J connectivity index is 3.14. The van der Waals surface area contributed by atoms with E-state index in [1.807, 2.05) is 4.98 Å². The molecule has 1 aromatic rings. The lowest BCUT2D eigenvalue weighted by Crippen LogP contribution is -2.22. The van der Waals surface area contributed by atoms with Crippen LogP contribution >= 0.6 is 0 Å². The summed E-state index contributed by atoms with van der Waals surface area (Å²) < 4.78 is 0. The molecule has 0 saturated heterocycles. The summed E-state index contributed by atoms with van der Waals surface area (Å²) in [5.74, 6) is -0.490. The van der Waals surface area contributed by atoms with Crippen molar-refractivity contribution in [2.45, 2.75) is 13.0 Å². The number of nitrogens with two attached hydrogens (primary N) is 1. The van der Waals surface area contributed by atoms with E-state index in [2.05, 4.69) is 10.3 Å². The van der Waals surface area contributed by atoms with Crippen LogP contribution in [0.4, 0.5) is 17.5 Å². The van der Waals surface area contributed by atoms with Crippen LogP contribution in [-0.2, 0) is 0 Å². The fourth-order valence-electron chi connectivity index (χ4n) is 1.02. The van der Waals surface area contributed by atoms with Gasteiger partial charge in [0.2, 0.25) is 11.8 Å². The first-order chi connectivity index (χ1) is 7.41. The third-order valence-corrected chi connectivity index (χ3v) is 1.66. The molecule has 0 aromatic carbocycles. The molecule has 5 N–H and O–H groups in total. The average Bonchev–Trinajstić information content (AvgIpc) is 2.12. The molecular formula is C7H11N5O4. The van der Waals surface area contributed by atoms with Crippen molar-refractivity contribution in [2.75, 3.05) is 17.6 Å². The Kier molecular flexibility index (Phi) is 3.40. The van der Waals surface area contributed by atoms with Gasteiger partial charge in [-0.15, -0.1) is 0 Å². The molecule has 9 nitrogen and oxygen atoms in total. The Morgan fingerprint density at radius 1 is 1.75 bits per heavy atom. The van der Waals surface area contributed by atoms with Crippen LogP contribution in [0.25, 0.3) is 0 Å². The van der Waals surface area contributed by atoms with Gasteiger partial charge in [-0.1, -0.05) is 0 Å². The number of hydrogen-bond donors (Lipinski definition) is 4. The minimum Gasteiger partial charge on any atom is -0.392 e. The number of nitro groups is 1. The van der Waals surface area contributed by atoms with Crippen LogP contribution in [0.1, 0.15) is 6.92 Å². The third kappa shape index (κ3) is 2.67. The Morgan fingerprint density at radius 3 is 2.88 bits per heavy atom. The molecule has 1 rings (SSSR count). The number of nitrogen functional groups attached to an aromatic ring is 1. The lowest BCUT2D eigenvalue weighted by Gasteiger charge is -2.07. The van der Waals surface area contributed by atoms with Crippen molar-refractivity contribution in [1.82, 2.24) is 9.97 Å². The van der Waals surface area contributed by atoms with E-state index in [9.17, 15) is 14.9 Å². The second-order valence-corrected chi connectivity index (χ2v) is 3.14. The van der Waals surface area contributed by atoms with E-state index in [1.165, 1.54) is 6.92 Å². The second-order valence-electron chi connectivity index (χ2n) is 3.14. The van der Waals surface area contributed by atoms with Crippen molar-refractivity contribution in [3.05, 3.63) is 20.5 Å². The summed E-state index contributed by atoms with van der Waals surface area (Å²) in [5.41, 5.74) is 3.58. The topological polar surface area (TPSA) is 147 Å². The van der Waals surface area contributed by atoms with Gasteiger partial charge < -0.3 is 16.2 Å². The lowest BCUT2D eigenvalue weighted by atomic mass is 10.4. The van der Waals surface area contributed by atoms with Crippen LogP contribution in [0.3, 0.4) is 0 Å². The smallest absolute Gasteiger partial charge is 0.375 e. The van der Waals surface area contributed by atoms with Gasteiger partial charge in [-0.2, -0.15) is 4.98 Å². The summed E-state index contributed by atoms with van der Waals surface area (Å²) in [4.78, 5) is 26.6. The van der Waals surface area contributed by atoms with Crippen LogP contribution in [0, 0.1) is 10.1 Å². The number of H-pyrrole nitrogens is 1. The maximum absolute atomic E-state index is 11.2. The van der Waals surface area contributed by atoms with E-state index >= 15 is 0 Å². The molecule has 0 radical (unpaired) electrons. The molecule has 0 spiro atoms. The molecule has 1 unspecified atom stereocenters. The van der Waals surface area contributed by atoms with Crippen LogP contribution in [0.5, 0.6) is 0 Å². The monoisotopic (exact) mass is 229 g/mol. The summed E-state index contributed by atoms with van der Waals surface area (Å²) in [6.45, 7) is 1.51. The summed E-state index contributed by atoms with van der Waals surface area (Å²) in [5, 5.41) is 22.1. The number of hydrogen-bond acceptors (Lipinski definition) is 7. The van der Waals surface area contributed by atoms with Gasteiger partial charge in [0, 0.05) is 6.54 Å². The van der Waals surface area contributed by atoms with Crippen LogP contribution in [-0.4, -0.2) is 32.6 Å². The van der Waals surface area contributed by atoms with Gasteiger partial charge in [-0.3, -0.25) is 19.9 Å². The Bertz CT molecular complexity index is 455. The van der Waals surface area contributed by atoms with E-state index in [0.29, 0.717) is 0 Å². The van der Waals surface area contributed by atoms with Gasteiger partial charge in [-0.05, 0) is 6.92 Å². The zero-order valence-electron chi connectivity index (χ0n) is 8.43. The second kappa shape index (κ2) is 4.57. The number of rotatable bonds is 4.